The molecule has 116 valence electrons. The van der Waals surface area contributed by atoms with Gasteiger partial charge in [-0.1, -0.05) is 61.4 Å². The van der Waals surface area contributed by atoms with Crippen LogP contribution in [0.25, 0.3) is 0 Å². The lowest BCUT2D eigenvalue weighted by molar-refractivity contribution is 0.110. The minimum absolute atomic E-state index is 0.246. The second kappa shape index (κ2) is 7.46. The monoisotopic (exact) mass is 296 g/mol. The molecule has 1 saturated carbocycles. The summed E-state index contributed by atoms with van der Waals surface area (Å²) in [6.07, 6.45) is 5.28. The van der Waals surface area contributed by atoms with Crippen molar-refractivity contribution >= 4 is 0 Å². The van der Waals surface area contributed by atoms with E-state index in [0.717, 1.165) is 29.7 Å². The third kappa shape index (κ3) is 3.89. The van der Waals surface area contributed by atoms with Gasteiger partial charge in [0.25, 0.3) is 0 Å². The number of hydrogen-bond donors (Lipinski definition) is 1. The molecule has 1 fully saturated rings. The van der Waals surface area contributed by atoms with Crippen LogP contribution in [0.2, 0.25) is 0 Å². The summed E-state index contributed by atoms with van der Waals surface area (Å²) in [5.74, 6) is 1.35. The van der Waals surface area contributed by atoms with Crippen molar-refractivity contribution in [1.29, 1.82) is 0 Å². The summed E-state index contributed by atoms with van der Waals surface area (Å²) in [5.41, 5.74) is 2.27. The van der Waals surface area contributed by atoms with Gasteiger partial charge in [0, 0.05) is 6.42 Å². The first kappa shape index (κ1) is 15.1. The molecule has 2 nitrogen and oxygen atoms in total. The number of rotatable bonds is 6. The van der Waals surface area contributed by atoms with Crippen molar-refractivity contribution in [2.24, 2.45) is 5.92 Å². The molecule has 1 aliphatic rings. The molecule has 0 aliphatic heterocycles. The van der Waals surface area contributed by atoms with Crippen molar-refractivity contribution in [2.75, 3.05) is 0 Å². The molecule has 0 saturated heterocycles. The average molecular weight is 296 g/mol. The largest absolute Gasteiger partial charge is 0.489 e. The molecule has 1 N–H and O–H groups in total. The SMILES string of the molecule is OC(Cc1ccccc1OCc1ccccc1)C1CCCC1. The number of aliphatic hydroxyl groups is 1. The Labute approximate surface area is 132 Å². The molecule has 0 aromatic heterocycles. The van der Waals surface area contributed by atoms with Crippen LogP contribution >= 0.6 is 0 Å². The maximum Gasteiger partial charge on any atom is 0.123 e. The highest BCUT2D eigenvalue weighted by molar-refractivity contribution is 5.34. The van der Waals surface area contributed by atoms with Crippen LogP contribution in [0.3, 0.4) is 0 Å². The highest BCUT2D eigenvalue weighted by Crippen LogP contribution is 2.31. The van der Waals surface area contributed by atoms with E-state index >= 15 is 0 Å². The molecular formula is C20H24O2. The molecule has 0 radical (unpaired) electrons. The Morgan fingerprint density at radius 3 is 2.41 bits per heavy atom. The van der Waals surface area contributed by atoms with Gasteiger partial charge in [0.05, 0.1) is 6.10 Å². The first-order chi connectivity index (χ1) is 10.8. The van der Waals surface area contributed by atoms with Crippen molar-refractivity contribution in [1.82, 2.24) is 0 Å². The molecule has 0 amide bonds. The zero-order valence-corrected chi connectivity index (χ0v) is 12.9. The number of benzene rings is 2. The molecule has 2 aromatic carbocycles. The summed E-state index contributed by atoms with van der Waals surface area (Å²) < 4.78 is 5.98. The van der Waals surface area contributed by atoms with Crippen LogP contribution < -0.4 is 4.74 Å². The topological polar surface area (TPSA) is 29.5 Å². The van der Waals surface area contributed by atoms with Crippen LogP contribution in [0.1, 0.15) is 36.8 Å². The van der Waals surface area contributed by atoms with Crippen LogP contribution in [-0.4, -0.2) is 11.2 Å². The first-order valence-electron chi connectivity index (χ1n) is 8.25. The van der Waals surface area contributed by atoms with Crippen LogP contribution in [0, 0.1) is 5.92 Å². The lowest BCUT2D eigenvalue weighted by atomic mass is 9.94. The van der Waals surface area contributed by atoms with Gasteiger partial charge in [-0.25, -0.2) is 0 Å². The predicted molar refractivity (Wildman–Crippen MR) is 88.9 cm³/mol. The van der Waals surface area contributed by atoms with Gasteiger partial charge in [-0.3, -0.25) is 0 Å². The maximum atomic E-state index is 10.5. The summed E-state index contributed by atoms with van der Waals surface area (Å²) >= 11 is 0. The Morgan fingerprint density at radius 2 is 1.64 bits per heavy atom. The third-order valence-electron chi connectivity index (χ3n) is 4.58. The Morgan fingerprint density at radius 1 is 0.955 bits per heavy atom. The second-order valence-corrected chi connectivity index (χ2v) is 6.20. The van der Waals surface area contributed by atoms with E-state index in [2.05, 4.69) is 18.2 Å². The number of para-hydroxylation sites is 1. The molecular weight excluding hydrogens is 272 g/mol. The Balaban J connectivity index is 1.64. The predicted octanol–water partition coefficient (Wildman–Crippen LogP) is 4.36. The molecule has 2 heteroatoms. The van der Waals surface area contributed by atoms with Gasteiger partial charge in [0.15, 0.2) is 0 Å². The maximum absolute atomic E-state index is 10.5. The summed E-state index contributed by atoms with van der Waals surface area (Å²) in [4.78, 5) is 0. The molecule has 1 atom stereocenters. The fourth-order valence-corrected chi connectivity index (χ4v) is 3.28. The zero-order valence-electron chi connectivity index (χ0n) is 12.9. The highest BCUT2D eigenvalue weighted by atomic mass is 16.5. The van der Waals surface area contributed by atoms with Crippen LogP contribution in [0.4, 0.5) is 0 Å². The van der Waals surface area contributed by atoms with Gasteiger partial charge in [-0.05, 0) is 36.0 Å². The van der Waals surface area contributed by atoms with Crippen LogP contribution in [0.5, 0.6) is 5.75 Å². The van der Waals surface area contributed by atoms with E-state index < -0.39 is 0 Å². The smallest absolute Gasteiger partial charge is 0.123 e. The van der Waals surface area contributed by atoms with Crippen molar-refractivity contribution in [2.45, 2.75) is 44.8 Å². The quantitative estimate of drug-likeness (QED) is 0.858. The molecule has 2 aromatic rings. The Bertz CT molecular complexity index is 573. The molecule has 0 spiro atoms. The minimum atomic E-state index is -0.246. The molecule has 1 unspecified atom stereocenters. The van der Waals surface area contributed by atoms with E-state index in [9.17, 15) is 5.11 Å². The highest BCUT2D eigenvalue weighted by Gasteiger charge is 2.24. The Kier molecular flexibility index (Phi) is 5.12. The molecule has 0 heterocycles. The van der Waals surface area contributed by atoms with Gasteiger partial charge in [0.2, 0.25) is 0 Å². The van der Waals surface area contributed by atoms with E-state index in [-0.39, 0.29) is 6.10 Å². The van der Waals surface area contributed by atoms with E-state index in [4.69, 9.17) is 4.74 Å². The van der Waals surface area contributed by atoms with Crippen molar-refractivity contribution in [3.05, 3.63) is 65.7 Å². The van der Waals surface area contributed by atoms with E-state index in [1.54, 1.807) is 0 Å². The van der Waals surface area contributed by atoms with Crippen LogP contribution in [0.15, 0.2) is 54.6 Å². The third-order valence-corrected chi connectivity index (χ3v) is 4.58. The van der Waals surface area contributed by atoms with Gasteiger partial charge in [-0.15, -0.1) is 0 Å². The normalized spacial score (nSPS) is 16.6. The lowest BCUT2D eigenvalue weighted by Gasteiger charge is -2.19. The van der Waals surface area contributed by atoms with Crippen molar-refractivity contribution < 1.29 is 9.84 Å². The standard InChI is InChI=1S/C20H24O2/c21-19(17-10-4-5-11-17)14-18-12-6-7-13-20(18)22-15-16-8-2-1-3-9-16/h1-3,6-9,12-13,17,19,21H,4-5,10-11,14-15H2. The number of ether oxygens (including phenoxy) is 1. The molecule has 22 heavy (non-hydrogen) atoms. The summed E-state index contributed by atoms with van der Waals surface area (Å²) in [5, 5.41) is 10.5. The minimum Gasteiger partial charge on any atom is -0.489 e. The van der Waals surface area contributed by atoms with Gasteiger partial charge < -0.3 is 9.84 Å². The number of aliphatic hydroxyl groups excluding tert-OH is 1. The fraction of sp³-hybridized carbons (Fsp3) is 0.400. The lowest BCUT2D eigenvalue weighted by Crippen LogP contribution is -2.20. The van der Waals surface area contributed by atoms with Gasteiger partial charge in [0.1, 0.15) is 12.4 Å². The summed E-state index contributed by atoms with van der Waals surface area (Å²) in [6.45, 7) is 0.567. The molecule has 0 bridgehead atoms. The molecule has 1 aliphatic carbocycles. The zero-order chi connectivity index (χ0) is 15.2. The Hall–Kier alpha value is -1.80. The average Bonchev–Trinajstić information content (AvgIpc) is 3.10. The van der Waals surface area contributed by atoms with Gasteiger partial charge in [-0.2, -0.15) is 0 Å². The van der Waals surface area contributed by atoms with E-state index in [0.29, 0.717) is 18.9 Å². The molecule has 3 rings (SSSR count). The van der Waals surface area contributed by atoms with E-state index in [1.807, 2.05) is 36.4 Å². The summed E-state index contributed by atoms with van der Waals surface area (Å²) in [6, 6.07) is 18.3. The van der Waals surface area contributed by atoms with Crippen LogP contribution in [-0.2, 0) is 13.0 Å². The number of hydrogen-bond acceptors (Lipinski definition) is 2. The summed E-state index contributed by atoms with van der Waals surface area (Å²) in [7, 11) is 0. The first-order valence-corrected chi connectivity index (χ1v) is 8.25. The van der Waals surface area contributed by atoms with E-state index in [1.165, 1.54) is 12.8 Å². The van der Waals surface area contributed by atoms with Crippen molar-refractivity contribution in [3.8, 4) is 5.75 Å². The fourth-order valence-electron chi connectivity index (χ4n) is 3.28. The van der Waals surface area contributed by atoms with Crippen molar-refractivity contribution in [3.63, 3.8) is 0 Å². The van der Waals surface area contributed by atoms with Gasteiger partial charge >= 0.3 is 0 Å². The second-order valence-electron chi connectivity index (χ2n) is 6.20.